The summed E-state index contributed by atoms with van der Waals surface area (Å²) in [6.07, 6.45) is 0.598. The molecule has 0 aromatic heterocycles. The van der Waals surface area contributed by atoms with Crippen molar-refractivity contribution in [2.24, 2.45) is 0 Å². The SMILES string of the molecule is CNS(=O)(=O)c1ccc2c(c1)CC(C)N2C(=O)Cl. The van der Waals surface area contributed by atoms with Gasteiger partial charge in [-0.05, 0) is 55.8 Å². The minimum Gasteiger partial charge on any atom is -0.296 e. The molecule has 0 spiro atoms. The number of fused-ring (bicyclic) bond motifs is 1. The monoisotopic (exact) mass is 288 g/mol. The molecule has 1 atom stereocenters. The van der Waals surface area contributed by atoms with Crippen molar-refractivity contribution >= 4 is 32.7 Å². The Kier molecular flexibility index (Phi) is 3.35. The number of carbonyl (C=O) groups excluding carboxylic acids is 1. The lowest BCUT2D eigenvalue weighted by molar-refractivity contribution is 0.263. The first-order valence-electron chi connectivity index (χ1n) is 5.42. The van der Waals surface area contributed by atoms with Crippen molar-refractivity contribution in [1.82, 2.24) is 4.72 Å². The number of hydrogen-bond donors (Lipinski definition) is 1. The summed E-state index contributed by atoms with van der Waals surface area (Å²) in [5.41, 5.74) is 1.49. The van der Waals surface area contributed by atoms with Crippen LogP contribution in [0.3, 0.4) is 0 Å². The first kappa shape index (κ1) is 13.3. The second kappa shape index (κ2) is 4.53. The molecule has 2 rings (SSSR count). The lowest BCUT2D eigenvalue weighted by Gasteiger charge is -2.18. The van der Waals surface area contributed by atoms with Crippen molar-refractivity contribution in [1.29, 1.82) is 0 Å². The maximum Gasteiger partial charge on any atom is 0.321 e. The van der Waals surface area contributed by atoms with Crippen LogP contribution in [0.15, 0.2) is 23.1 Å². The number of carbonyl (C=O) groups is 1. The van der Waals surface area contributed by atoms with Crippen molar-refractivity contribution in [3.05, 3.63) is 23.8 Å². The Bertz CT molecular complexity index is 600. The first-order valence-corrected chi connectivity index (χ1v) is 7.28. The van der Waals surface area contributed by atoms with Crippen LogP contribution in [-0.4, -0.2) is 26.9 Å². The lowest BCUT2D eigenvalue weighted by Crippen LogP contribution is -2.31. The van der Waals surface area contributed by atoms with E-state index in [1.165, 1.54) is 18.0 Å². The van der Waals surface area contributed by atoms with E-state index < -0.39 is 15.4 Å². The summed E-state index contributed by atoms with van der Waals surface area (Å²) < 4.78 is 25.6. The fraction of sp³-hybridized carbons (Fsp3) is 0.364. The Morgan fingerprint density at radius 1 is 1.50 bits per heavy atom. The number of nitrogens with one attached hydrogen (secondary N) is 1. The van der Waals surface area contributed by atoms with Gasteiger partial charge in [0.1, 0.15) is 0 Å². The van der Waals surface area contributed by atoms with Crippen LogP contribution in [-0.2, 0) is 16.4 Å². The quantitative estimate of drug-likeness (QED) is 0.665. The fourth-order valence-electron chi connectivity index (χ4n) is 2.16. The van der Waals surface area contributed by atoms with E-state index >= 15 is 0 Å². The molecule has 1 unspecified atom stereocenters. The maximum absolute atomic E-state index is 11.7. The normalized spacial score (nSPS) is 18.8. The molecular weight excluding hydrogens is 276 g/mol. The van der Waals surface area contributed by atoms with E-state index in [1.54, 1.807) is 12.1 Å². The second-order valence-electron chi connectivity index (χ2n) is 4.17. The molecule has 1 aromatic carbocycles. The molecule has 0 saturated heterocycles. The number of nitrogens with zero attached hydrogens (tertiary/aromatic N) is 1. The van der Waals surface area contributed by atoms with E-state index in [4.69, 9.17) is 11.6 Å². The molecule has 98 valence electrons. The van der Waals surface area contributed by atoms with Crippen LogP contribution in [0.2, 0.25) is 0 Å². The van der Waals surface area contributed by atoms with E-state index in [2.05, 4.69) is 4.72 Å². The van der Waals surface area contributed by atoms with E-state index in [1.807, 2.05) is 6.92 Å². The third-order valence-corrected chi connectivity index (χ3v) is 4.63. The molecule has 7 heteroatoms. The number of halogens is 1. The topological polar surface area (TPSA) is 66.5 Å². The summed E-state index contributed by atoms with van der Waals surface area (Å²) in [5.74, 6) is 0. The number of amides is 1. The molecule has 18 heavy (non-hydrogen) atoms. The summed E-state index contributed by atoms with van der Waals surface area (Å²) >= 11 is 5.52. The molecule has 1 aliphatic rings. The number of hydrogen-bond acceptors (Lipinski definition) is 3. The highest BCUT2D eigenvalue weighted by Crippen LogP contribution is 2.34. The third kappa shape index (κ3) is 2.11. The average Bonchev–Trinajstić information content (AvgIpc) is 2.63. The van der Waals surface area contributed by atoms with Crippen molar-refractivity contribution in [3.63, 3.8) is 0 Å². The highest BCUT2D eigenvalue weighted by Gasteiger charge is 2.30. The van der Waals surface area contributed by atoms with Crippen molar-refractivity contribution < 1.29 is 13.2 Å². The van der Waals surface area contributed by atoms with Crippen LogP contribution in [0, 0.1) is 0 Å². The van der Waals surface area contributed by atoms with E-state index in [0.717, 1.165) is 5.56 Å². The van der Waals surface area contributed by atoms with Gasteiger partial charge in [0.05, 0.1) is 4.90 Å². The molecular formula is C11H13ClN2O3S. The van der Waals surface area contributed by atoms with Gasteiger partial charge in [0, 0.05) is 11.7 Å². The molecule has 1 aromatic rings. The molecule has 0 bridgehead atoms. The minimum atomic E-state index is -3.46. The predicted molar refractivity (Wildman–Crippen MR) is 69.6 cm³/mol. The maximum atomic E-state index is 11.7. The standard InChI is InChI=1S/C11H13ClN2O3S/c1-7-5-8-6-9(18(16,17)13-2)3-4-10(8)14(7)11(12)15/h3-4,6-7,13H,5H2,1-2H3. The molecule has 0 fully saturated rings. The van der Waals surface area contributed by atoms with E-state index in [-0.39, 0.29) is 10.9 Å². The Morgan fingerprint density at radius 3 is 2.72 bits per heavy atom. The van der Waals surface area contributed by atoms with Crippen LogP contribution in [0.5, 0.6) is 0 Å². The zero-order valence-electron chi connectivity index (χ0n) is 9.97. The van der Waals surface area contributed by atoms with Crippen LogP contribution >= 0.6 is 11.6 Å². The highest BCUT2D eigenvalue weighted by atomic mass is 35.5. The molecule has 5 nitrogen and oxygen atoms in total. The van der Waals surface area contributed by atoms with Gasteiger partial charge in [0.25, 0.3) is 0 Å². The Morgan fingerprint density at radius 2 is 2.17 bits per heavy atom. The Labute approximate surface area is 111 Å². The summed E-state index contributed by atoms with van der Waals surface area (Å²) in [6, 6.07) is 4.61. The summed E-state index contributed by atoms with van der Waals surface area (Å²) in [7, 11) is -2.10. The number of anilines is 1. The molecule has 0 aliphatic carbocycles. The van der Waals surface area contributed by atoms with Crippen LogP contribution in [0.25, 0.3) is 0 Å². The number of rotatable bonds is 2. The van der Waals surface area contributed by atoms with Gasteiger partial charge in [0.15, 0.2) is 0 Å². The van der Waals surface area contributed by atoms with Gasteiger partial charge < -0.3 is 0 Å². The van der Waals surface area contributed by atoms with Gasteiger partial charge in [-0.1, -0.05) is 0 Å². The van der Waals surface area contributed by atoms with Crippen LogP contribution in [0.4, 0.5) is 10.5 Å². The van der Waals surface area contributed by atoms with Crippen molar-refractivity contribution in [3.8, 4) is 0 Å². The van der Waals surface area contributed by atoms with Gasteiger partial charge in [-0.15, -0.1) is 0 Å². The van der Waals surface area contributed by atoms with E-state index in [9.17, 15) is 13.2 Å². The van der Waals surface area contributed by atoms with Gasteiger partial charge in [-0.2, -0.15) is 0 Å². The highest BCUT2D eigenvalue weighted by molar-refractivity contribution is 7.89. The third-order valence-electron chi connectivity index (χ3n) is 3.04. The summed E-state index contributed by atoms with van der Waals surface area (Å²) in [4.78, 5) is 13.0. The fourth-order valence-corrected chi connectivity index (χ4v) is 3.20. The first-order chi connectivity index (χ1) is 8.36. The molecule has 0 saturated carbocycles. The molecule has 1 heterocycles. The minimum absolute atomic E-state index is 0.0578. The zero-order valence-corrected chi connectivity index (χ0v) is 11.5. The van der Waals surface area contributed by atoms with Crippen LogP contribution < -0.4 is 9.62 Å². The molecule has 1 amide bonds. The smallest absolute Gasteiger partial charge is 0.296 e. The molecule has 1 aliphatic heterocycles. The van der Waals surface area contributed by atoms with Crippen LogP contribution in [0.1, 0.15) is 12.5 Å². The Balaban J connectivity index is 2.49. The van der Waals surface area contributed by atoms with Crippen molar-refractivity contribution in [2.45, 2.75) is 24.3 Å². The van der Waals surface area contributed by atoms with Gasteiger partial charge >= 0.3 is 5.37 Å². The predicted octanol–water partition coefficient (Wildman–Crippen LogP) is 1.70. The molecule has 1 N–H and O–H groups in total. The molecule has 0 radical (unpaired) electrons. The number of sulfonamides is 1. The summed E-state index contributed by atoms with van der Waals surface area (Å²) in [5, 5.41) is -0.550. The zero-order chi connectivity index (χ0) is 13.5. The van der Waals surface area contributed by atoms with E-state index in [0.29, 0.717) is 12.1 Å². The average molecular weight is 289 g/mol. The largest absolute Gasteiger partial charge is 0.321 e. The van der Waals surface area contributed by atoms with Gasteiger partial charge in [-0.3, -0.25) is 9.69 Å². The summed E-state index contributed by atoms with van der Waals surface area (Å²) in [6.45, 7) is 1.87. The lowest BCUT2D eigenvalue weighted by atomic mass is 10.1. The number of benzene rings is 1. The van der Waals surface area contributed by atoms with Crippen molar-refractivity contribution in [2.75, 3.05) is 11.9 Å². The second-order valence-corrected chi connectivity index (χ2v) is 6.38. The van der Waals surface area contributed by atoms with Gasteiger partial charge in [-0.25, -0.2) is 13.1 Å². The van der Waals surface area contributed by atoms with Gasteiger partial charge in [0.2, 0.25) is 10.0 Å². The Hall–Kier alpha value is -1.11.